The molecule has 0 radical (unpaired) electrons. The molecule has 0 unspecified atom stereocenters. The molecule has 116 valence electrons. The Morgan fingerprint density at radius 3 is 2.74 bits per heavy atom. The Hall–Kier alpha value is -2.50. The third-order valence-corrected chi connectivity index (χ3v) is 4.35. The minimum absolute atomic E-state index is 0.170. The third kappa shape index (κ3) is 2.25. The largest absolute Gasteiger partial charge is 0.351 e. The van der Waals surface area contributed by atoms with Gasteiger partial charge in [0.2, 0.25) is 5.65 Å². The van der Waals surface area contributed by atoms with E-state index in [1.165, 1.54) is 0 Å². The number of rotatable bonds is 1. The summed E-state index contributed by atoms with van der Waals surface area (Å²) in [5.74, 6) is 0.738. The first-order chi connectivity index (χ1) is 11.2. The molecule has 1 aliphatic heterocycles. The lowest BCUT2D eigenvalue weighted by Gasteiger charge is -2.33. The summed E-state index contributed by atoms with van der Waals surface area (Å²) in [6.45, 7) is 3.63. The summed E-state index contributed by atoms with van der Waals surface area (Å²) in [6, 6.07) is 3.67. The summed E-state index contributed by atoms with van der Waals surface area (Å²) in [4.78, 5) is 13.4. The van der Waals surface area contributed by atoms with Gasteiger partial charge in [0.05, 0.1) is 10.5 Å². The van der Waals surface area contributed by atoms with E-state index in [1.54, 1.807) is 12.4 Å². The zero-order valence-corrected chi connectivity index (χ0v) is 13.2. The molecule has 0 aliphatic carbocycles. The first-order valence-electron chi connectivity index (χ1n) is 7.21. The summed E-state index contributed by atoms with van der Waals surface area (Å²) in [6.07, 6.45) is 1.61. The van der Waals surface area contributed by atoms with Crippen molar-refractivity contribution in [1.82, 2.24) is 29.5 Å². The summed E-state index contributed by atoms with van der Waals surface area (Å²) in [5, 5.41) is 17.6. The molecule has 0 amide bonds. The fourth-order valence-corrected chi connectivity index (χ4v) is 2.94. The van der Waals surface area contributed by atoms with Crippen LogP contribution < -0.4 is 4.90 Å². The van der Waals surface area contributed by atoms with Crippen LogP contribution in [0.2, 0.25) is 5.02 Å². The number of halogens is 1. The molecule has 1 saturated heterocycles. The van der Waals surface area contributed by atoms with E-state index in [2.05, 4.69) is 37.0 Å². The van der Waals surface area contributed by atoms with Gasteiger partial charge in [-0.15, -0.1) is 10.2 Å². The quantitative estimate of drug-likeness (QED) is 0.657. The zero-order chi connectivity index (χ0) is 16.0. The van der Waals surface area contributed by atoms with Crippen LogP contribution in [0.3, 0.4) is 0 Å². The van der Waals surface area contributed by atoms with Crippen LogP contribution in [0.15, 0.2) is 12.4 Å². The van der Waals surface area contributed by atoms with Gasteiger partial charge in [0.25, 0.3) is 0 Å². The molecular weight excluding hydrogens is 316 g/mol. The monoisotopic (exact) mass is 328 g/mol. The maximum absolute atomic E-state index is 9.13. The molecule has 3 aromatic heterocycles. The Morgan fingerprint density at radius 2 is 2.00 bits per heavy atom. The maximum atomic E-state index is 9.13. The number of anilines is 1. The van der Waals surface area contributed by atoms with Crippen LogP contribution in [0.5, 0.6) is 0 Å². The molecule has 0 bridgehead atoms. The van der Waals surface area contributed by atoms with Gasteiger partial charge < -0.3 is 9.80 Å². The molecular formula is C14H13ClN8. The normalized spacial score (nSPS) is 16.1. The molecule has 1 aliphatic rings. The first-order valence-corrected chi connectivity index (χ1v) is 7.59. The van der Waals surface area contributed by atoms with Crippen LogP contribution in [0.4, 0.5) is 5.82 Å². The standard InChI is InChI=1S/C14H13ClN8/c1-21-2-4-22(5-3-21)13-14-20-17-8-23(14)11-6-9(15)10(7-16)18-12(11)19-13/h6,8H,2-5H2,1H3. The van der Waals surface area contributed by atoms with Crippen LogP contribution >= 0.6 is 11.6 Å². The number of fused-ring (bicyclic) bond motifs is 3. The number of hydrogen-bond acceptors (Lipinski definition) is 7. The fraction of sp³-hybridized carbons (Fsp3) is 0.357. The van der Waals surface area contributed by atoms with Gasteiger partial charge in [-0.1, -0.05) is 11.6 Å². The Morgan fingerprint density at radius 1 is 1.22 bits per heavy atom. The first kappa shape index (κ1) is 14.1. The minimum atomic E-state index is 0.170. The topological polar surface area (TPSA) is 86.2 Å². The van der Waals surface area contributed by atoms with Gasteiger partial charge in [0, 0.05) is 26.2 Å². The summed E-state index contributed by atoms with van der Waals surface area (Å²) in [7, 11) is 2.10. The number of aromatic nitrogens is 5. The number of hydrogen-bond donors (Lipinski definition) is 0. The van der Waals surface area contributed by atoms with E-state index < -0.39 is 0 Å². The van der Waals surface area contributed by atoms with Crippen molar-refractivity contribution >= 4 is 34.2 Å². The Bertz CT molecular complexity index is 935. The fourth-order valence-electron chi connectivity index (χ4n) is 2.75. The van der Waals surface area contributed by atoms with Crippen molar-refractivity contribution in [2.75, 3.05) is 38.1 Å². The minimum Gasteiger partial charge on any atom is -0.351 e. The lowest BCUT2D eigenvalue weighted by molar-refractivity contribution is 0.312. The van der Waals surface area contributed by atoms with E-state index in [-0.39, 0.29) is 5.69 Å². The molecule has 0 atom stereocenters. The van der Waals surface area contributed by atoms with Gasteiger partial charge in [-0.2, -0.15) is 5.26 Å². The summed E-state index contributed by atoms with van der Waals surface area (Å²) in [5.41, 5.74) is 1.99. The average molecular weight is 329 g/mol. The third-order valence-electron chi connectivity index (χ3n) is 4.06. The maximum Gasteiger partial charge on any atom is 0.204 e. The molecule has 0 saturated carbocycles. The molecule has 4 rings (SSSR count). The van der Waals surface area contributed by atoms with E-state index in [4.69, 9.17) is 16.9 Å². The Kier molecular flexibility index (Phi) is 3.25. The molecule has 0 aromatic carbocycles. The Labute approximate surface area is 136 Å². The summed E-state index contributed by atoms with van der Waals surface area (Å²) >= 11 is 6.09. The molecule has 0 N–H and O–H groups in total. The molecule has 4 heterocycles. The second kappa shape index (κ2) is 5.30. The summed E-state index contributed by atoms with van der Waals surface area (Å²) < 4.78 is 1.82. The van der Waals surface area contributed by atoms with E-state index in [0.29, 0.717) is 21.8 Å². The molecule has 23 heavy (non-hydrogen) atoms. The van der Waals surface area contributed by atoms with Gasteiger partial charge in [0.15, 0.2) is 17.2 Å². The Balaban J connectivity index is 1.94. The highest BCUT2D eigenvalue weighted by molar-refractivity contribution is 6.32. The highest BCUT2D eigenvalue weighted by Gasteiger charge is 2.21. The van der Waals surface area contributed by atoms with Crippen LogP contribution in [0.1, 0.15) is 5.69 Å². The van der Waals surface area contributed by atoms with Crippen LogP contribution in [-0.4, -0.2) is 62.7 Å². The van der Waals surface area contributed by atoms with Gasteiger partial charge in [0.1, 0.15) is 12.4 Å². The highest BCUT2D eigenvalue weighted by Crippen LogP contribution is 2.26. The van der Waals surface area contributed by atoms with E-state index in [0.717, 1.165) is 32.0 Å². The average Bonchev–Trinajstić information content (AvgIpc) is 3.04. The zero-order valence-electron chi connectivity index (χ0n) is 12.4. The number of nitrogens with zero attached hydrogens (tertiary/aromatic N) is 8. The number of piperazine rings is 1. The van der Waals surface area contributed by atoms with Gasteiger partial charge >= 0.3 is 0 Å². The van der Waals surface area contributed by atoms with Crippen molar-refractivity contribution in [3.8, 4) is 6.07 Å². The van der Waals surface area contributed by atoms with Gasteiger partial charge in [-0.3, -0.25) is 4.40 Å². The predicted octanol–water partition coefficient (Wildman–Crippen LogP) is 0.949. The second-order valence-corrected chi connectivity index (χ2v) is 5.93. The van der Waals surface area contributed by atoms with E-state index in [1.807, 2.05) is 10.5 Å². The predicted molar refractivity (Wildman–Crippen MR) is 85.5 cm³/mol. The van der Waals surface area contributed by atoms with Crippen molar-refractivity contribution in [1.29, 1.82) is 5.26 Å². The van der Waals surface area contributed by atoms with Crippen molar-refractivity contribution in [3.63, 3.8) is 0 Å². The SMILES string of the molecule is CN1CCN(c2nc3nc(C#N)c(Cl)cc3n3cnnc23)CC1. The van der Waals surface area contributed by atoms with Crippen molar-refractivity contribution in [2.24, 2.45) is 0 Å². The van der Waals surface area contributed by atoms with Crippen molar-refractivity contribution in [2.45, 2.75) is 0 Å². The number of likely N-dealkylation sites (N-methyl/N-ethyl adjacent to an activating group) is 1. The lowest BCUT2D eigenvalue weighted by Crippen LogP contribution is -2.45. The molecule has 3 aromatic rings. The molecule has 0 spiro atoms. The lowest BCUT2D eigenvalue weighted by atomic mass is 10.3. The van der Waals surface area contributed by atoms with Crippen LogP contribution in [-0.2, 0) is 0 Å². The molecule has 9 heteroatoms. The molecule has 8 nitrogen and oxygen atoms in total. The second-order valence-electron chi connectivity index (χ2n) is 5.52. The highest BCUT2D eigenvalue weighted by atomic mass is 35.5. The van der Waals surface area contributed by atoms with Crippen molar-refractivity contribution in [3.05, 3.63) is 23.1 Å². The molecule has 1 fully saturated rings. The van der Waals surface area contributed by atoms with E-state index >= 15 is 0 Å². The van der Waals surface area contributed by atoms with E-state index in [9.17, 15) is 0 Å². The number of nitriles is 1. The smallest absolute Gasteiger partial charge is 0.204 e. The van der Waals surface area contributed by atoms with Crippen LogP contribution in [0, 0.1) is 11.3 Å². The van der Waals surface area contributed by atoms with Crippen LogP contribution in [0.25, 0.3) is 16.8 Å². The van der Waals surface area contributed by atoms with Crippen molar-refractivity contribution < 1.29 is 0 Å². The number of pyridine rings is 1. The van der Waals surface area contributed by atoms with Gasteiger partial charge in [-0.25, -0.2) is 9.97 Å². The van der Waals surface area contributed by atoms with Gasteiger partial charge in [-0.05, 0) is 13.1 Å².